The molecular weight excluding hydrogens is 132 g/mol. The molecule has 0 aliphatic carbocycles. The quantitative estimate of drug-likeness (QED) is 0.534. The van der Waals surface area contributed by atoms with Gasteiger partial charge in [0.25, 0.3) is 0 Å². The van der Waals surface area contributed by atoms with Crippen molar-refractivity contribution >= 4 is 0 Å². The maximum Gasteiger partial charge on any atom is -0.0404 e. The molecule has 0 saturated heterocycles. The van der Waals surface area contributed by atoms with Gasteiger partial charge in [0.1, 0.15) is 0 Å². The Hall–Kier alpha value is -0.780. The molecule has 0 aliphatic rings. The molecule has 0 spiro atoms. The summed E-state index contributed by atoms with van der Waals surface area (Å²) >= 11 is 0. The van der Waals surface area contributed by atoms with Crippen molar-refractivity contribution in [3.63, 3.8) is 0 Å². The molecule has 64 valence electrons. The number of unbranched alkanes of at least 4 members (excludes halogenated alkanes) is 1. The first kappa shape index (κ1) is 12.9. The number of rotatable bonds is 3. The summed E-state index contributed by atoms with van der Waals surface area (Å²) in [6.07, 6.45) is 8.14. The van der Waals surface area contributed by atoms with E-state index >= 15 is 0 Å². The van der Waals surface area contributed by atoms with E-state index in [2.05, 4.69) is 27.0 Å². The molecule has 11 heavy (non-hydrogen) atoms. The van der Waals surface area contributed by atoms with Gasteiger partial charge in [-0.3, -0.25) is 0 Å². The van der Waals surface area contributed by atoms with Crippen LogP contribution in [0.2, 0.25) is 0 Å². The van der Waals surface area contributed by atoms with Crippen molar-refractivity contribution in [2.45, 2.75) is 33.6 Å². The van der Waals surface area contributed by atoms with Crippen LogP contribution in [-0.2, 0) is 0 Å². The van der Waals surface area contributed by atoms with Gasteiger partial charge in [0.15, 0.2) is 0 Å². The Balaban J connectivity index is 0. The first-order valence-electron chi connectivity index (χ1n) is 4.13. The highest BCUT2D eigenvalue weighted by atomic mass is 13.7. The van der Waals surface area contributed by atoms with E-state index in [9.17, 15) is 0 Å². The van der Waals surface area contributed by atoms with Gasteiger partial charge in [-0.1, -0.05) is 63.6 Å². The first-order valence-corrected chi connectivity index (χ1v) is 4.13. The van der Waals surface area contributed by atoms with Crippen molar-refractivity contribution < 1.29 is 0 Å². The zero-order valence-electron chi connectivity index (χ0n) is 8.06. The van der Waals surface area contributed by atoms with E-state index in [-0.39, 0.29) is 0 Å². The molecule has 0 radical (unpaired) electrons. The summed E-state index contributed by atoms with van der Waals surface area (Å²) in [6.45, 7) is 13.5. The number of allylic oxidation sites excluding steroid dienone is 4. The lowest BCUT2D eigenvalue weighted by molar-refractivity contribution is 0.886. The molecule has 0 nitrogen and oxygen atoms in total. The highest BCUT2D eigenvalue weighted by molar-refractivity contribution is 5.15. The lowest BCUT2D eigenvalue weighted by Crippen LogP contribution is -1.55. The maximum absolute atomic E-state index is 3.66. The monoisotopic (exact) mass is 152 g/mol. The van der Waals surface area contributed by atoms with Crippen LogP contribution >= 0.6 is 0 Å². The third kappa shape index (κ3) is 27.0. The summed E-state index contributed by atoms with van der Waals surface area (Å²) in [5.74, 6) is 0. The molecule has 0 aromatic carbocycles. The lowest BCUT2D eigenvalue weighted by Gasteiger charge is -1.77. The van der Waals surface area contributed by atoms with Crippen LogP contribution in [0.4, 0.5) is 0 Å². The van der Waals surface area contributed by atoms with Gasteiger partial charge in [-0.25, -0.2) is 0 Å². The van der Waals surface area contributed by atoms with Crippen molar-refractivity contribution in [2.24, 2.45) is 0 Å². The summed E-state index contributed by atoms with van der Waals surface area (Å²) in [5.41, 5.74) is 1.06. The molecule has 0 atom stereocenters. The molecule has 0 aliphatic heterocycles. The van der Waals surface area contributed by atoms with Gasteiger partial charge in [0.2, 0.25) is 0 Å². The predicted molar refractivity (Wildman–Crippen MR) is 54.7 cm³/mol. The van der Waals surface area contributed by atoms with Crippen LogP contribution < -0.4 is 0 Å². The van der Waals surface area contributed by atoms with Crippen molar-refractivity contribution in [1.82, 2.24) is 0 Å². The van der Waals surface area contributed by atoms with E-state index in [1.807, 2.05) is 19.1 Å². The molecule has 0 N–H and O–H groups in total. The Labute approximate surface area is 71.3 Å². The molecule has 0 amide bonds. The van der Waals surface area contributed by atoms with E-state index in [4.69, 9.17) is 0 Å². The average molecular weight is 152 g/mol. The fourth-order valence-electron chi connectivity index (χ4n) is 0.232. The van der Waals surface area contributed by atoms with Crippen molar-refractivity contribution in [2.75, 3.05) is 0 Å². The van der Waals surface area contributed by atoms with E-state index in [0.29, 0.717) is 0 Å². The molecule has 0 saturated carbocycles. The van der Waals surface area contributed by atoms with Crippen LogP contribution in [0, 0.1) is 0 Å². The molecule has 0 unspecified atom stereocenters. The van der Waals surface area contributed by atoms with E-state index < -0.39 is 0 Å². The average Bonchev–Trinajstić information content (AvgIpc) is 2.01. The second-order valence-electron chi connectivity index (χ2n) is 2.44. The summed E-state index contributed by atoms with van der Waals surface area (Å²) in [6, 6.07) is 0. The summed E-state index contributed by atoms with van der Waals surface area (Å²) in [7, 11) is 0. The fraction of sp³-hybridized carbons (Fsp3) is 0.455. The first-order chi connectivity index (χ1) is 5.18. The van der Waals surface area contributed by atoms with Crippen LogP contribution in [0.15, 0.2) is 37.0 Å². The van der Waals surface area contributed by atoms with Crippen LogP contribution in [0.3, 0.4) is 0 Å². The molecule has 0 heteroatoms. The number of hydrogen-bond acceptors (Lipinski definition) is 0. The van der Waals surface area contributed by atoms with E-state index in [1.165, 1.54) is 12.8 Å². The van der Waals surface area contributed by atoms with Crippen LogP contribution in [-0.4, -0.2) is 0 Å². The zero-order valence-corrected chi connectivity index (χ0v) is 8.06. The maximum atomic E-state index is 3.66. The molecule has 0 aromatic rings. The third-order valence-corrected chi connectivity index (χ3v) is 1.02. The highest BCUT2D eigenvalue weighted by Gasteiger charge is 1.65. The van der Waals surface area contributed by atoms with E-state index in [1.54, 1.807) is 6.08 Å². The highest BCUT2D eigenvalue weighted by Crippen LogP contribution is 1.86. The Bertz CT molecular complexity index is 116. The van der Waals surface area contributed by atoms with Crippen molar-refractivity contribution in [3.8, 4) is 0 Å². The van der Waals surface area contributed by atoms with Gasteiger partial charge in [0.05, 0.1) is 0 Å². The molecule has 0 rings (SSSR count). The second-order valence-corrected chi connectivity index (χ2v) is 2.44. The third-order valence-electron chi connectivity index (χ3n) is 1.02. The van der Waals surface area contributed by atoms with Gasteiger partial charge in [0, 0.05) is 0 Å². The minimum Gasteiger partial charge on any atom is -0.0991 e. The molecular formula is C11H20. The summed E-state index contributed by atoms with van der Waals surface area (Å²) in [5, 5.41) is 0. The second kappa shape index (κ2) is 12.0. The van der Waals surface area contributed by atoms with Crippen LogP contribution in [0.25, 0.3) is 0 Å². The predicted octanol–water partition coefficient (Wildman–Crippen LogP) is 4.11. The Morgan fingerprint density at radius 1 is 1.27 bits per heavy atom. The van der Waals surface area contributed by atoms with Gasteiger partial charge >= 0.3 is 0 Å². The molecule has 0 fully saturated rings. The largest absolute Gasteiger partial charge is 0.0991 e. The Morgan fingerprint density at radius 3 is 1.82 bits per heavy atom. The van der Waals surface area contributed by atoms with Gasteiger partial charge in [-0.15, -0.1) is 0 Å². The minimum absolute atomic E-state index is 1.06. The van der Waals surface area contributed by atoms with Gasteiger partial charge in [-0.2, -0.15) is 0 Å². The Morgan fingerprint density at radius 2 is 1.73 bits per heavy atom. The SMILES string of the molecule is C=C/C=C\C(=C)C.CCCC. The number of hydrogen-bond donors (Lipinski definition) is 0. The van der Waals surface area contributed by atoms with Crippen molar-refractivity contribution in [1.29, 1.82) is 0 Å². The van der Waals surface area contributed by atoms with Crippen LogP contribution in [0.5, 0.6) is 0 Å². The molecule has 0 bridgehead atoms. The minimum atomic E-state index is 1.06. The zero-order chi connectivity index (χ0) is 9.11. The van der Waals surface area contributed by atoms with Crippen LogP contribution in [0.1, 0.15) is 33.6 Å². The summed E-state index contributed by atoms with van der Waals surface area (Å²) in [4.78, 5) is 0. The smallest absolute Gasteiger partial charge is 0.0404 e. The molecule has 0 aromatic heterocycles. The molecule has 0 heterocycles. The van der Waals surface area contributed by atoms with E-state index in [0.717, 1.165) is 5.57 Å². The van der Waals surface area contributed by atoms with Gasteiger partial charge < -0.3 is 0 Å². The van der Waals surface area contributed by atoms with Gasteiger partial charge in [-0.05, 0) is 6.92 Å². The fourth-order valence-corrected chi connectivity index (χ4v) is 0.232. The topological polar surface area (TPSA) is 0 Å². The normalized spacial score (nSPS) is 8.64. The summed E-state index contributed by atoms with van der Waals surface area (Å²) < 4.78 is 0. The standard InChI is InChI=1S/C7H10.C4H10/c1-4-5-6-7(2)3;1-3-4-2/h4-6H,1-2H2,3H3;3-4H2,1-2H3/b6-5-;. The van der Waals surface area contributed by atoms with Crippen molar-refractivity contribution in [3.05, 3.63) is 37.0 Å². The Kier molecular flexibility index (Phi) is 14.0. The lowest BCUT2D eigenvalue weighted by atomic mass is 10.3.